The van der Waals surface area contributed by atoms with Gasteiger partial charge in [-0.3, -0.25) is 0 Å². The van der Waals surface area contributed by atoms with E-state index in [0.29, 0.717) is 11.8 Å². The van der Waals surface area contributed by atoms with Crippen molar-refractivity contribution in [1.82, 2.24) is 0 Å². The van der Waals surface area contributed by atoms with Crippen LogP contribution in [0.2, 0.25) is 0 Å². The van der Waals surface area contributed by atoms with Crippen molar-refractivity contribution in [2.45, 2.75) is 80.6 Å². The molecule has 0 fully saturated rings. The number of hydrogen-bond acceptors (Lipinski definition) is 0. The van der Waals surface area contributed by atoms with Crippen LogP contribution in [0.15, 0.2) is 62.3 Å². The molecule has 154 valence electrons. The summed E-state index contributed by atoms with van der Waals surface area (Å²) in [5, 5.41) is 0. The van der Waals surface area contributed by atoms with Gasteiger partial charge < -0.3 is 0 Å². The molecule has 0 N–H and O–H groups in total. The molecule has 0 rings (SSSR count). The van der Waals surface area contributed by atoms with Crippen LogP contribution < -0.4 is 0 Å². The summed E-state index contributed by atoms with van der Waals surface area (Å²) in [5.74, 6) is 0.959. The fourth-order valence-corrected chi connectivity index (χ4v) is 4.51. The van der Waals surface area contributed by atoms with Gasteiger partial charge in [-0.2, -0.15) is 0 Å². The minimum atomic E-state index is -0.0427. The van der Waals surface area contributed by atoms with E-state index in [1.807, 2.05) is 6.08 Å². The summed E-state index contributed by atoms with van der Waals surface area (Å²) in [5.41, 5.74) is 2.25. The maximum Gasteiger partial charge on any atom is -0.00561 e. The van der Waals surface area contributed by atoms with E-state index in [1.165, 1.54) is 24.8 Å². The molecule has 0 aromatic carbocycles. The third kappa shape index (κ3) is 5.37. The Bertz CT molecular complexity index is 546. The molecule has 0 bridgehead atoms. The van der Waals surface area contributed by atoms with Crippen molar-refractivity contribution in [1.29, 1.82) is 0 Å². The van der Waals surface area contributed by atoms with Gasteiger partial charge in [-0.15, -0.1) is 13.2 Å². The Kier molecular flexibility index (Phi) is 9.80. The molecule has 0 heterocycles. The number of rotatable bonds is 14. The Morgan fingerprint density at radius 1 is 1.00 bits per heavy atom. The maximum absolute atomic E-state index is 4.33. The number of hydrogen-bond donors (Lipinski definition) is 0. The molecule has 0 spiro atoms. The van der Waals surface area contributed by atoms with Crippen LogP contribution in [0.4, 0.5) is 0 Å². The van der Waals surface area contributed by atoms with Crippen molar-refractivity contribution in [3.8, 4) is 0 Å². The van der Waals surface area contributed by atoms with Crippen molar-refractivity contribution in [2.24, 2.45) is 28.1 Å². The summed E-state index contributed by atoms with van der Waals surface area (Å²) in [7, 11) is 0. The summed E-state index contributed by atoms with van der Waals surface area (Å²) >= 11 is 0. The highest BCUT2D eigenvalue weighted by molar-refractivity contribution is 5.19. The first-order valence-corrected chi connectivity index (χ1v) is 10.6. The molecule has 4 atom stereocenters. The monoisotopic (exact) mass is 370 g/mol. The molecule has 0 nitrogen and oxygen atoms in total. The van der Waals surface area contributed by atoms with Crippen molar-refractivity contribution >= 4 is 0 Å². The third-order valence-electron chi connectivity index (χ3n) is 7.92. The molecule has 27 heavy (non-hydrogen) atoms. The molecule has 0 aliphatic carbocycles. The van der Waals surface area contributed by atoms with Gasteiger partial charge in [0.25, 0.3) is 0 Å². The quantitative estimate of drug-likeness (QED) is 0.211. The number of unbranched alkanes of at least 4 members (excludes halogenated alkanes) is 1. The second kappa shape index (κ2) is 10.3. The molecule has 0 aliphatic heterocycles. The first-order valence-electron chi connectivity index (χ1n) is 10.6. The van der Waals surface area contributed by atoms with Crippen LogP contribution in [0.3, 0.4) is 0 Å². The predicted molar refractivity (Wildman–Crippen MR) is 126 cm³/mol. The molecule has 0 radical (unpaired) electrons. The van der Waals surface area contributed by atoms with Crippen LogP contribution in [0, 0.1) is 28.1 Å². The average molecular weight is 371 g/mol. The van der Waals surface area contributed by atoms with E-state index in [9.17, 15) is 0 Å². The zero-order valence-corrected chi connectivity index (χ0v) is 19.5. The molecule has 4 unspecified atom stereocenters. The van der Waals surface area contributed by atoms with E-state index < -0.39 is 0 Å². The standard InChI is InChI=1S/C27H46/c1-13-17-18-24(23(8)21(5)6)27(12,16-4)25(9,10)26(11,15-3)20-19-22(7)14-2/h14-16,23-24H,2-5,7,13,17-20H2,1,6,8-12H3. The van der Waals surface area contributed by atoms with Gasteiger partial charge in [0.2, 0.25) is 0 Å². The van der Waals surface area contributed by atoms with Crippen LogP contribution in [-0.2, 0) is 0 Å². The van der Waals surface area contributed by atoms with Crippen molar-refractivity contribution in [3.63, 3.8) is 0 Å². The molecular formula is C27H46. The Hall–Kier alpha value is -1.30. The Balaban J connectivity index is 6.20. The zero-order chi connectivity index (χ0) is 21.5. The molecular weight excluding hydrogens is 324 g/mol. The highest BCUT2D eigenvalue weighted by Crippen LogP contribution is 2.60. The minimum absolute atomic E-state index is 0.0208. The zero-order valence-electron chi connectivity index (χ0n) is 19.5. The van der Waals surface area contributed by atoms with Gasteiger partial charge in [0.05, 0.1) is 0 Å². The molecule has 0 aromatic heterocycles. The van der Waals surface area contributed by atoms with Gasteiger partial charge in [-0.1, -0.05) is 103 Å². The third-order valence-corrected chi connectivity index (χ3v) is 7.92. The highest BCUT2D eigenvalue weighted by Gasteiger charge is 2.53. The SMILES string of the molecule is C=CC(=C)CCC(C)(C=C)C(C)(C)C(C)(C=C)C(CCCC)C(C)C(=C)C. The lowest BCUT2D eigenvalue weighted by Crippen LogP contribution is -2.51. The lowest BCUT2D eigenvalue weighted by atomic mass is 9.46. The lowest BCUT2D eigenvalue weighted by molar-refractivity contribution is -0.0392. The van der Waals surface area contributed by atoms with Crippen LogP contribution >= 0.6 is 0 Å². The van der Waals surface area contributed by atoms with E-state index in [0.717, 1.165) is 18.4 Å². The van der Waals surface area contributed by atoms with Gasteiger partial charge in [0.15, 0.2) is 0 Å². The summed E-state index contributed by atoms with van der Waals surface area (Å²) in [6.45, 7) is 37.2. The van der Waals surface area contributed by atoms with Crippen molar-refractivity contribution in [3.05, 3.63) is 62.3 Å². The van der Waals surface area contributed by atoms with E-state index in [1.54, 1.807) is 0 Å². The lowest BCUT2D eigenvalue weighted by Gasteiger charge is -2.57. The normalized spacial score (nSPS) is 18.5. The average Bonchev–Trinajstić information content (AvgIpc) is 2.64. The van der Waals surface area contributed by atoms with Crippen molar-refractivity contribution in [2.75, 3.05) is 0 Å². The number of allylic oxidation sites excluding steroid dienone is 5. The van der Waals surface area contributed by atoms with Crippen LogP contribution in [0.25, 0.3) is 0 Å². The molecule has 0 amide bonds. The molecule has 0 aliphatic rings. The first-order chi connectivity index (χ1) is 12.4. The topological polar surface area (TPSA) is 0 Å². The predicted octanol–water partition coefficient (Wildman–Crippen LogP) is 8.94. The largest absolute Gasteiger partial charge is 0.103 e. The molecule has 0 saturated carbocycles. The highest BCUT2D eigenvalue weighted by atomic mass is 14.6. The minimum Gasteiger partial charge on any atom is -0.103 e. The van der Waals surface area contributed by atoms with Gasteiger partial charge in [0.1, 0.15) is 0 Å². The van der Waals surface area contributed by atoms with Gasteiger partial charge in [-0.05, 0) is 54.3 Å². The Labute approximate surface area is 171 Å². The van der Waals surface area contributed by atoms with E-state index in [2.05, 4.69) is 93.5 Å². The fourth-order valence-electron chi connectivity index (χ4n) is 4.51. The fraction of sp³-hybridized carbons (Fsp3) is 0.630. The van der Waals surface area contributed by atoms with Crippen molar-refractivity contribution < 1.29 is 0 Å². The second-order valence-corrected chi connectivity index (χ2v) is 9.48. The van der Waals surface area contributed by atoms with E-state index >= 15 is 0 Å². The Morgan fingerprint density at radius 2 is 1.56 bits per heavy atom. The van der Waals surface area contributed by atoms with Gasteiger partial charge in [-0.25, -0.2) is 0 Å². The molecule has 0 heteroatoms. The van der Waals surface area contributed by atoms with E-state index in [-0.39, 0.29) is 16.2 Å². The van der Waals surface area contributed by atoms with Crippen LogP contribution in [0.5, 0.6) is 0 Å². The molecule has 0 saturated heterocycles. The summed E-state index contributed by atoms with van der Waals surface area (Å²) in [6.07, 6.45) is 11.9. The van der Waals surface area contributed by atoms with Crippen LogP contribution in [-0.4, -0.2) is 0 Å². The Morgan fingerprint density at radius 3 is 1.93 bits per heavy atom. The summed E-state index contributed by atoms with van der Waals surface area (Å²) < 4.78 is 0. The summed E-state index contributed by atoms with van der Waals surface area (Å²) in [6, 6.07) is 0. The molecule has 0 aromatic rings. The summed E-state index contributed by atoms with van der Waals surface area (Å²) in [4.78, 5) is 0. The second-order valence-electron chi connectivity index (χ2n) is 9.48. The van der Waals surface area contributed by atoms with Gasteiger partial charge in [0, 0.05) is 0 Å². The first kappa shape index (κ1) is 25.7. The van der Waals surface area contributed by atoms with E-state index in [4.69, 9.17) is 0 Å². The smallest absolute Gasteiger partial charge is 0.00561 e. The van der Waals surface area contributed by atoms with Crippen LogP contribution in [0.1, 0.15) is 80.6 Å². The van der Waals surface area contributed by atoms with Gasteiger partial charge >= 0.3 is 0 Å². The maximum atomic E-state index is 4.33.